The summed E-state index contributed by atoms with van der Waals surface area (Å²) in [5, 5.41) is 11.4. The lowest BCUT2D eigenvalue weighted by Gasteiger charge is -2.30. The monoisotopic (exact) mass is 449 g/mol. The molecular weight excluding hydrogens is 414 g/mol. The Hall–Kier alpha value is -2.53. The van der Waals surface area contributed by atoms with Gasteiger partial charge in [-0.15, -0.1) is 21.5 Å². The summed E-state index contributed by atoms with van der Waals surface area (Å²) < 4.78 is 2.25. The molecule has 0 spiro atoms. The predicted octanol–water partition coefficient (Wildman–Crippen LogP) is 6.80. The van der Waals surface area contributed by atoms with Gasteiger partial charge in [-0.05, 0) is 35.0 Å². The van der Waals surface area contributed by atoms with Gasteiger partial charge in [-0.3, -0.25) is 4.79 Å². The molecule has 32 heavy (non-hydrogen) atoms. The molecule has 1 aliphatic rings. The normalized spacial score (nSPS) is 15.7. The summed E-state index contributed by atoms with van der Waals surface area (Å²) in [6.07, 6.45) is 6.01. The molecule has 0 aliphatic heterocycles. The molecule has 1 aromatic heterocycles. The molecule has 0 bridgehead atoms. The first-order valence-electron chi connectivity index (χ1n) is 11.4. The predicted molar refractivity (Wildman–Crippen MR) is 136 cm³/mol. The summed E-state index contributed by atoms with van der Waals surface area (Å²) in [6.45, 7) is 15.5. The van der Waals surface area contributed by atoms with Crippen LogP contribution in [-0.4, -0.2) is 16.1 Å². The number of rotatable bonds is 5. The number of hydrogen-bond donors (Lipinski definition) is 0. The summed E-state index contributed by atoms with van der Waals surface area (Å²) in [5.74, 6) is 0.115. The zero-order chi connectivity index (χ0) is 23.5. The Balaban J connectivity index is 2.12. The van der Waals surface area contributed by atoms with Gasteiger partial charge in [0.25, 0.3) is 0 Å². The first-order chi connectivity index (χ1) is 15.0. The number of hydrogen-bond acceptors (Lipinski definition) is 4. The number of aromatic nitrogens is 1. The van der Waals surface area contributed by atoms with Crippen LogP contribution < -0.4 is 4.80 Å². The average Bonchev–Trinajstić information content (AvgIpc) is 3.13. The van der Waals surface area contributed by atoms with Crippen LogP contribution in [0.15, 0.2) is 69.2 Å². The van der Waals surface area contributed by atoms with Crippen LogP contribution >= 0.6 is 11.3 Å². The van der Waals surface area contributed by atoms with Crippen LogP contribution in [0.25, 0.3) is 11.3 Å². The smallest absolute Gasteiger partial charge is 0.211 e. The van der Waals surface area contributed by atoms with Gasteiger partial charge in [-0.2, -0.15) is 0 Å². The number of benzene rings is 1. The van der Waals surface area contributed by atoms with Crippen molar-refractivity contribution in [1.29, 1.82) is 0 Å². The Labute approximate surface area is 196 Å². The quantitative estimate of drug-likeness (QED) is 0.366. The van der Waals surface area contributed by atoms with Crippen molar-refractivity contribution in [2.45, 2.75) is 67.9 Å². The van der Waals surface area contributed by atoms with Gasteiger partial charge in [0, 0.05) is 23.1 Å². The average molecular weight is 450 g/mol. The van der Waals surface area contributed by atoms with Crippen molar-refractivity contribution in [2.24, 2.45) is 21.0 Å². The van der Waals surface area contributed by atoms with Gasteiger partial charge in [0.1, 0.15) is 0 Å². The molecule has 0 amide bonds. The minimum Gasteiger partial charge on any atom is -0.315 e. The maximum absolute atomic E-state index is 13.1. The summed E-state index contributed by atoms with van der Waals surface area (Å²) in [7, 11) is 0. The summed E-state index contributed by atoms with van der Waals surface area (Å²) in [6, 6.07) is 10.4. The number of carbonyl (C=O) groups excluding carboxylic acids is 1. The standard InChI is InChI=1S/C27H35N3OS/c1-8-9-15-30-23(19-13-11-10-12-14-19)18-32-25(30)29-28-20-16-21(26(2,3)4)24(31)22(17-20)27(5,6)7/h10-14,16-18H,8-9,15H2,1-7H3/b29-25-. The Bertz CT molecular complexity index is 1090. The van der Waals surface area contributed by atoms with Crippen LogP contribution in [0.1, 0.15) is 61.3 Å². The van der Waals surface area contributed by atoms with Gasteiger partial charge >= 0.3 is 0 Å². The van der Waals surface area contributed by atoms with Crippen molar-refractivity contribution in [3.8, 4) is 11.3 Å². The number of thiazole rings is 1. The molecule has 0 fully saturated rings. The van der Waals surface area contributed by atoms with E-state index in [1.165, 1.54) is 11.3 Å². The van der Waals surface area contributed by atoms with E-state index in [1.54, 1.807) is 11.3 Å². The maximum Gasteiger partial charge on any atom is 0.211 e. The van der Waals surface area contributed by atoms with Crippen molar-refractivity contribution in [3.05, 3.63) is 63.8 Å². The zero-order valence-electron chi connectivity index (χ0n) is 20.4. The first-order valence-corrected chi connectivity index (χ1v) is 12.2. The molecule has 3 rings (SSSR count). The molecule has 170 valence electrons. The Morgan fingerprint density at radius 3 is 2.03 bits per heavy atom. The van der Waals surface area contributed by atoms with Gasteiger partial charge < -0.3 is 4.57 Å². The fourth-order valence-corrected chi connectivity index (χ4v) is 4.55. The summed E-state index contributed by atoms with van der Waals surface area (Å²) in [5.41, 5.74) is 4.14. The maximum atomic E-state index is 13.1. The van der Waals surface area contributed by atoms with Crippen molar-refractivity contribution in [1.82, 2.24) is 4.57 Å². The highest BCUT2D eigenvalue weighted by Gasteiger charge is 2.34. The van der Waals surface area contributed by atoms with E-state index in [1.807, 2.05) is 18.2 Å². The molecule has 0 saturated carbocycles. The van der Waals surface area contributed by atoms with Gasteiger partial charge in [-0.25, -0.2) is 0 Å². The summed E-state index contributed by atoms with van der Waals surface area (Å²) in [4.78, 5) is 14.0. The van der Waals surface area contributed by atoms with E-state index < -0.39 is 0 Å². The molecule has 2 aromatic rings. The first kappa shape index (κ1) is 24.1. The molecule has 0 N–H and O–H groups in total. The molecule has 4 nitrogen and oxygen atoms in total. The fourth-order valence-electron chi connectivity index (χ4n) is 3.67. The van der Waals surface area contributed by atoms with Gasteiger partial charge in [-0.1, -0.05) is 85.2 Å². The third kappa shape index (κ3) is 5.44. The number of Topliss-reactive ketones (excluding diaryl/α,β-unsaturated/α-hetero) is 1. The summed E-state index contributed by atoms with van der Waals surface area (Å²) >= 11 is 1.60. The molecular formula is C27H35N3OS. The lowest BCUT2D eigenvalue weighted by atomic mass is 9.72. The highest BCUT2D eigenvalue weighted by Crippen LogP contribution is 2.37. The third-order valence-corrected chi connectivity index (χ3v) is 6.40. The molecule has 0 saturated heterocycles. The number of nitrogens with zero attached hydrogens (tertiary/aromatic N) is 3. The molecule has 0 unspecified atom stereocenters. The highest BCUT2D eigenvalue weighted by molar-refractivity contribution is 7.07. The second-order valence-corrected chi connectivity index (χ2v) is 11.2. The lowest BCUT2D eigenvalue weighted by molar-refractivity contribution is -0.114. The SMILES string of the molecule is CCCCn1c(-c2ccccc2)cs/c1=N\N=C1C=C(C(C)(C)C)C(=O)C(C(C)(C)C)=C1. The van der Waals surface area contributed by atoms with E-state index in [-0.39, 0.29) is 16.6 Å². The second kappa shape index (κ2) is 9.53. The molecule has 0 atom stereocenters. The Morgan fingerprint density at radius 1 is 0.906 bits per heavy atom. The van der Waals surface area contributed by atoms with Crippen molar-refractivity contribution < 1.29 is 4.79 Å². The van der Waals surface area contributed by atoms with Gasteiger partial charge in [0.2, 0.25) is 4.80 Å². The number of unbranched alkanes of at least 4 members (excludes halogenated alkanes) is 1. The molecule has 1 aliphatic carbocycles. The van der Waals surface area contributed by atoms with E-state index in [2.05, 4.69) is 92.9 Å². The van der Waals surface area contributed by atoms with Crippen LogP contribution in [-0.2, 0) is 11.3 Å². The number of ketones is 1. The van der Waals surface area contributed by atoms with E-state index in [0.717, 1.165) is 41.0 Å². The minimum atomic E-state index is -0.257. The van der Waals surface area contributed by atoms with Crippen LogP contribution in [0.4, 0.5) is 0 Å². The largest absolute Gasteiger partial charge is 0.315 e. The van der Waals surface area contributed by atoms with Crippen molar-refractivity contribution in [3.63, 3.8) is 0 Å². The van der Waals surface area contributed by atoms with Gasteiger partial charge in [0.15, 0.2) is 5.78 Å². The highest BCUT2D eigenvalue weighted by atomic mass is 32.1. The van der Waals surface area contributed by atoms with Crippen molar-refractivity contribution >= 4 is 22.8 Å². The topological polar surface area (TPSA) is 46.7 Å². The van der Waals surface area contributed by atoms with Crippen molar-refractivity contribution in [2.75, 3.05) is 0 Å². The molecule has 1 aromatic carbocycles. The van der Waals surface area contributed by atoms with E-state index >= 15 is 0 Å². The molecule has 5 heteroatoms. The Morgan fingerprint density at radius 2 is 1.50 bits per heavy atom. The minimum absolute atomic E-state index is 0.115. The fraction of sp³-hybridized carbons (Fsp3) is 0.444. The van der Waals surface area contributed by atoms with E-state index in [4.69, 9.17) is 0 Å². The lowest BCUT2D eigenvalue weighted by Crippen LogP contribution is -2.29. The molecule has 1 heterocycles. The van der Waals surface area contributed by atoms with Crippen LogP contribution in [0.5, 0.6) is 0 Å². The van der Waals surface area contributed by atoms with Gasteiger partial charge in [0.05, 0.1) is 11.4 Å². The van der Waals surface area contributed by atoms with Crippen LogP contribution in [0.2, 0.25) is 0 Å². The van der Waals surface area contributed by atoms with E-state index in [0.29, 0.717) is 0 Å². The number of carbonyl (C=O) groups is 1. The molecule has 0 radical (unpaired) electrons. The third-order valence-electron chi connectivity index (χ3n) is 5.54. The van der Waals surface area contributed by atoms with Crippen LogP contribution in [0, 0.1) is 10.8 Å². The number of allylic oxidation sites excluding steroid dienone is 4. The van der Waals surface area contributed by atoms with E-state index in [9.17, 15) is 4.79 Å². The zero-order valence-corrected chi connectivity index (χ0v) is 21.2. The second-order valence-electron chi connectivity index (χ2n) is 10.3. The van der Waals surface area contributed by atoms with Crippen LogP contribution in [0.3, 0.4) is 0 Å². The Kier molecular flexibility index (Phi) is 7.19.